The fourth-order valence-corrected chi connectivity index (χ4v) is 2.62. The first-order valence-electron chi connectivity index (χ1n) is 8.30. The molecule has 0 amide bonds. The highest BCUT2D eigenvalue weighted by Gasteiger charge is 2.21. The van der Waals surface area contributed by atoms with Gasteiger partial charge in [-0.25, -0.2) is 0 Å². The van der Waals surface area contributed by atoms with Gasteiger partial charge in [0.05, 0.1) is 13.2 Å². The molecule has 2 rings (SSSR count). The number of carbonyl (C=O) groups is 1. The summed E-state index contributed by atoms with van der Waals surface area (Å²) < 4.78 is 10.8. The first-order valence-corrected chi connectivity index (χ1v) is 8.30. The molecule has 0 fully saturated rings. The van der Waals surface area contributed by atoms with Crippen molar-refractivity contribution in [2.45, 2.75) is 26.2 Å². The maximum atomic E-state index is 12.8. The maximum absolute atomic E-state index is 12.8. The van der Waals surface area contributed by atoms with Gasteiger partial charge in [0.2, 0.25) is 0 Å². The van der Waals surface area contributed by atoms with Crippen molar-refractivity contribution < 1.29 is 19.4 Å². The SMILES string of the molecule is CCOc1ccc(C(=O)C(CCO)c2ccc(OCC)cc2)cc1. The molecule has 0 bridgehead atoms. The summed E-state index contributed by atoms with van der Waals surface area (Å²) in [7, 11) is 0. The Morgan fingerprint density at radius 3 is 1.88 bits per heavy atom. The molecule has 2 aromatic carbocycles. The molecule has 0 heterocycles. The van der Waals surface area contributed by atoms with E-state index in [9.17, 15) is 9.90 Å². The summed E-state index contributed by atoms with van der Waals surface area (Å²) >= 11 is 0. The molecule has 0 spiro atoms. The smallest absolute Gasteiger partial charge is 0.170 e. The van der Waals surface area contributed by atoms with Crippen LogP contribution < -0.4 is 9.47 Å². The number of Topliss-reactive ketones (excluding diaryl/α,β-unsaturated/α-hetero) is 1. The van der Waals surface area contributed by atoms with E-state index in [1.54, 1.807) is 24.3 Å². The predicted octanol–water partition coefficient (Wildman–Crippen LogP) is 3.83. The van der Waals surface area contributed by atoms with Gasteiger partial charge in [-0.15, -0.1) is 0 Å². The van der Waals surface area contributed by atoms with Crippen molar-refractivity contribution in [3.05, 3.63) is 59.7 Å². The summed E-state index contributed by atoms with van der Waals surface area (Å²) in [5, 5.41) is 9.35. The fourth-order valence-electron chi connectivity index (χ4n) is 2.62. The Labute approximate surface area is 143 Å². The first-order chi connectivity index (χ1) is 11.7. The molecule has 0 aliphatic carbocycles. The summed E-state index contributed by atoms with van der Waals surface area (Å²) in [5.41, 5.74) is 1.50. The molecule has 0 aliphatic heterocycles. The molecule has 1 unspecified atom stereocenters. The normalized spacial score (nSPS) is 11.8. The van der Waals surface area contributed by atoms with Crippen LogP contribution in [-0.4, -0.2) is 30.7 Å². The van der Waals surface area contributed by atoms with Crippen LogP contribution in [0.2, 0.25) is 0 Å². The van der Waals surface area contributed by atoms with Crippen molar-refractivity contribution in [3.8, 4) is 11.5 Å². The molecule has 1 atom stereocenters. The molecule has 24 heavy (non-hydrogen) atoms. The van der Waals surface area contributed by atoms with Crippen LogP contribution in [0.5, 0.6) is 11.5 Å². The van der Waals surface area contributed by atoms with Gasteiger partial charge in [-0.05, 0) is 62.2 Å². The second-order valence-corrected chi connectivity index (χ2v) is 5.39. The van der Waals surface area contributed by atoms with Gasteiger partial charge in [0.15, 0.2) is 5.78 Å². The number of aliphatic hydroxyl groups excluding tert-OH is 1. The maximum Gasteiger partial charge on any atom is 0.170 e. The van der Waals surface area contributed by atoms with Crippen molar-refractivity contribution in [1.82, 2.24) is 0 Å². The molecule has 0 saturated heterocycles. The summed E-state index contributed by atoms with van der Waals surface area (Å²) in [4.78, 5) is 12.8. The number of aliphatic hydroxyl groups is 1. The fraction of sp³-hybridized carbons (Fsp3) is 0.350. The number of ether oxygens (including phenoxy) is 2. The highest BCUT2D eigenvalue weighted by atomic mass is 16.5. The lowest BCUT2D eigenvalue weighted by Crippen LogP contribution is -2.14. The Balaban J connectivity index is 2.20. The number of ketones is 1. The van der Waals surface area contributed by atoms with Crippen LogP contribution in [0.15, 0.2) is 48.5 Å². The third kappa shape index (κ3) is 4.59. The lowest BCUT2D eigenvalue weighted by atomic mass is 9.88. The van der Waals surface area contributed by atoms with Gasteiger partial charge in [-0.2, -0.15) is 0 Å². The quantitative estimate of drug-likeness (QED) is 0.711. The van der Waals surface area contributed by atoms with E-state index in [2.05, 4.69) is 0 Å². The summed E-state index contributed by atoms with van der Waals surface area (Å²) in [5.74, 6) is 1.14. The number of benzene rings is 2. The topological polar surface area (TPSA) is 55.8 Å². The van der Waals surface area contributed by atoms with Crippen LogP contribution >= 0.6 is 0 Å². The van der Waals surface area contributed by atoms with E-state index in [4.69, 9.17) is 9.47 Å². The van der Waals surface area contributed by atoms with Gasteiger partial charge in [-0.3, -0.25) is 4.79 Å². The van der Waals surface area contributed by atoms with Crippen LogP contribution in [0.3, 0.4) is 0 Å². The molecule has 0 radical (unpaired) electrons. The Kier molecular flexibility index (Phi) is 6.82. The standard InChI is InChI=1S/C20H24O4/c1-3-23-17-9-5-15(6-10-17)19(13-14-21)20(22)16-7-11-18(12-8-16)24-4-2/h5-12,19,21H,3-4,13-14H2,1-2H3. The summed E-state index contributed by atoms with van der Waals surface area (Å²) in [6.07, 6.45) is 0.389. The second-order valence-electron chi connectivity index (χ2n) is 5.39. The molecule has 128 valence electrons. The van der Waals surface area contributed by atoms with E-state index in [1.165, 1.54) is 0 Å². The van der Waals surface area contributed by atoms with E-state index in [-0.39, 0.29) is 18.3 Å². The van der Waals surface area contributed by atoms with E-state index in [0.717, 1.165) is 17.1 Å². The van der Waals surface area contributed by atoms with Crippen LogP contribution in [0.4, 0.5) is 0 Å². The Morgan fingerprint density at radius 2 is 1.42 bits per heavy atom. The van der Waals surface area contributed by atoms with Gasteiger partial charge >= 0.3 is 0 Å². The monoisotopic (exact) mass is 328 g/mol. The molecular weight excluding hydrogens is 304 g/mol. The third-order valence-corrected chi connectivity index (χ3v) is 3.78. The highest BCUT2D eigenvalue weighted by molar-refractivity contribution is 6.01. The largest absolute Gasteiger partial charge is 0.494 e. The van der Waals surface area contributed by atoms with Crippen LogP contribution in [-0.2, 0) is 0 Å². The molecule has 0 aliphatic rings. The Hall–Kier alpha value is -2.33. The first kappa shape index (κ1) is 18.0. The second kappa shape index (κ2) is 9.08. The van der Waals surface area contributed by atoms with Crippen LogP contribution in [0.25, 0.3) is 0 Å². The van der Waals surface area contributed by atoms with Gasteiger partial charge in [0, 0.05) is 18.1 Å². The molecule has 0 saturated carbocycles. The van der Waals surface area contributed by atoms with Crippen molar-refractivity contribution in [3.63, 3.8) is 0 Å². The predicted molar refractivity (Wildman–Crippen MR) is 94.0 cm³/mol. The van der Waals surface area contributed by atoms with E-state index >= 15 is 0 Å². The van der Waals surface area contributed by atoms with Gasteiger partial charge in [0.1, 0.15) is 11.5 Å². The number of rotatable bonds is 9. The van der Waals surface area contributed by atoms with Crippen molar-refractivity contribution in [1.29, 1.82) is 0 Å². The average molecular weight is 328 g/mol. The number of hydrogen-bond acceptors (Lipinski definition) is 4. The average Bonchev–Trinajstić information content (AvgIpc) is 2.61. The molecule has 4 nitrogen and oxygen atoms in total. The van der Waals surface area contributed by atoms with Crippen molar-refractivity contribution >= 4 is 5.78 Å². The number of carbonyl (C=O) groups excluding carboxylic acids is 1. The Morgan fingerprint density at radius 1 is 0.917 bits per heavy atom. The highest BCUT2D eigenvalue weighted by Crippen LogP contribution is 2.27. The molecule has 1 N–H and O–H groups in total. The summed E-state index contributed by atoms with van der Waals surface area (Å²) in [6.45, 7) is 5.00. The van der Waals surface area contributed by atoms with E-state index in [0.29, 0.717) is 25.2 Å². The molecule has 2 aromatic rings. The van der Waals surface area contributed by atoms with Crippen LogP contribution in [0.1, 0.15) is 42.1 Å². The molecular formula is C20H24O4. The van der Waals surface area contributed by atoms with Crippen LogP contribution in [0, 0.1) is 0 Å². The minimum atomic E-state index is -0.372. The Bertz CT molecular complexity index is 632. The van der Waals surface area contributed by atoms with E-state index in [1.807, 2.05) is 38.1 Å². The minimum Gasteiger partial charge on any atom is -0.494 e. The molecule has 4 heteroatoms. The lowest BCUT2D eigenvalue weighted by Gasteiger charge is -2.16. The zero-order valence-corrected chi connectivity index (χ0v) is 14.2. The van der Waals surface area contributed by atoms with Crippen molar-refractivity contribution in [2.24, 2.45) is 0 Å². The van der Waals surface area contributed by atoms with Gasteiger partial charge in [-0.1, -0.05) is 12.1 Å². The lowest BCUT2D eigenvalue weighted by molar-refractivity contribution is 0.0943. The third-order valence-electron chi connectivity index (χ3n) is 3.78. The minimum absolute atomic E-state index is 0.00346. The van der Waals surface area contributed by atoms with Gasteiger partial charge < -0.3 is 14.6 Å². The summed E-state index contributed by atoms with van der Waals surface area (Å²) in [6, 6.07) is 14.6. The van der Waals surface area contributed by atoms with Crippen molar-refractivity contribution in [2.75, 3.05) is 19.8 Å². The zero-order valence-electron chi connectivity index (χ0n) is 14.2. The van der Waals surface area contributed by atoms with E-state index < -0.39 is 0 Å². The number of hydrogen-bond donors (Lipinski definition) is 1. The zero-order chi connectivity index (χ0) is 17.4. The van der Waals surface area contributed by atoms with Gasteiger partial charge in [0.25, 0.3) is 0 Å². The molecule has 0 aromatic heterocycles.